The zero-order valence-electron chi connectivity index (χ0n) is 15.7. The lowest BCUT2D eigenvalue weighted by molar-refractivity contribution is 0.440. The van der Waals surface area contributed by atoms with Gasteiger partial charge >= 0.3 is 0 Å². The molecule has 0 spiro atoms. The number of thiazole rings is 1. The van der Waals surface area contributed by atoms with Crippen molar-refractivity contribution in [3.63, 3.8) is 0 Å². The molecule has 28 heavy (non-hydrogen) atoms. The van der Waals surface area contributed by atoms with Crippen molar-refractivity contribution in [2.24, 2.45) is 5.92 Å². The van der Waals surface area contributed by atoms with Crippen LogP contribution in [0.3, 0.4) is 0 Å². The molecule has 0 aliphatic heterocycles. The third-order valence-electron chi connectivity index (χ3n) is 5.87. The number of hydrogen-bond acceptors (Lipinski definition) is 5. The molecule has 3 nitrogen and oxygen atoms in total. The number of thiophene rings is 1. The van der Waals surface area contributed by atoms with E-state index in [9.17, 15) is 4.39 Å². The molecule has 2 atom stereocenters. The smallest absolute Gasteiger partial charge is 0.148 e. The molecule has 1 saturated carbocycles. The van der Waals surface area contributed by atoms with Gasteiger partial charge in [0.05, 0.1) is 27.1 Å². The molecule has 3 heterocycles. The van der Waals surface area contributed by atoms with Crippen molar-refractivity contribution in [1.29, 1.82) is 0 Å². The highest BCUT2D eigenvalue weighted by atomic mass is 32.1. The third-order valence-corrected chi connectivity index (χ3v) is 7.84. The molecule has 0 saturated heterocycles. The Morgan fingerprint density at radius 3 is 2.89 bits per heavy atom. The summed E-state index contributed by atoms with van der Waals surface area (Å²) in [5.74, 6) is 1.06. The number of nitrogens with one attached hydrogen (secondary N) is 1. The first-order valence-electron chi connectivity index (χ1n) is 9.87. The summed E-state index contributed by atoms with van der Waals surface area (Å²) in [7, 11) is 0. The van der Waals surface area contributed by atoms with Crippen molar-refractivity contribution in [1.82, 2.24) is 9.97 Å². The van der Waals surface area contributed by atoms with Gasteiger partial charge in [0.2, 0.25) is 0 Å². The number of anilines is 2. The van der Waals surface area contributed by atoms with Crippen molar-refractivity contribution in [2.45, 2.75) is 44.9 Å². The van der Waals surface area contributed by atoms with E-state index in [1.54, 1.807) is 35.2 Å². The van der Waals surface area contributed by atoms with Gasteiger partial charge in [-0.05, 0) is 42.5 Å². The Morgan fingerprint density at radius 2 is 1.96 bits per heavy atom. The zero-order chi connectivity index (χ0) is 19.1. The normalized spacial score (nSPS) is 20.5. The lowest BCUT2D eigenvalue weighted by Crippen LogP contribution is -2.06. The summed E-state index contributed by atoms with van der Waals surface area (Å²) >= 11 is 3.25. The third kappa shape index (κ3) is 3.29. The number of hydrogen-bond donors (Lipinski definition) is 1. The molecule has 1 fully saturated rings. The fourth-order valence-electron chi connectivity index (χ4n) is 4.29. The maximum absolute atomic E-state index is 14.6. The quantitative estimate of drug-likeness (QED) is 0.355. The van der Waals surface area contributed by atoms with E-state index < -0.39 is 0 Å². The van der Waals surface area contributed by atoms with Gasteiger partial charge in [0, 0.05) is 16.5 Å². The molecule has 3 aromatic heterocycles. The van der Waals surface area contributed by atoms with Crippen LogP contribution in [0.15, 0.2) is 36.0 Å². The highest BCUT2D eigenvalue weighted by molar-refractivity contribution is 7.18. The number of benzene rings is 1. The molecule has 0 unspecified atom stereocenters. The van der Waals surface area contributed by atoms with Crippen LogP contribution in [0.1, 0.15) is 49.8 Å². The van der Waals surface area contributed by atoms with Gasteiger partial charge in [-0.3, -0.25) is 0 Å². The number of rotatable bonds is 3. The van der Waals surface area contributed by atoms with Crippen molar-refractivity contribution in [3.8, 4) is 0 Å². The second-order valence-corrected chi connectivity index (χ2v) is 9.67. The lowest BCUT2D eigenvalue weighted by Gasteiger charge is -2.19. The fourth-order valence-corrected chi connectivity index (χ4v) is 6.26. The molecule has 1 aliphatic rings. The maximum Gasteiger partial charge on any atom is 0.148 e. The van der Waals surface area contributed by atoms with E-state index in [4.69, 9.17) is 0 Å². The Kier molecular flexibility index (Phi) is 4.77. The van der Waals surface area contributed by atoms with E-state index in [1.165, 1.54) is 48.3 Å². The van der Waals surface area contributed by atoms with Crippen LogP contribution in [0.2, 0.25) is 0 Å². The van der Waals surface area contributed by atoms with E-state index >= 15 is 0 Å². The van der Waals surface area contributed by atoms with Crippen LogP contribution in [0.25, 0.3) is 20.4 Å². The van der Waals surface area contributed by atoms with E-state index in [1.807, 2.05) is 6.07 Å². The zero-order valence-corrected chi connectivity index (χ0v) is 17.4. The average molecular weight is 412 g/mol. The molecule has 1 aliphatic carbocycles. The predicted octanol–water partition coefficient (Wildman–Crippen LogP) is 7.47. The van der Waals surface area contributed by atoms with E-state index in [0.717, 1.165) is 26.1 Å². The first kappa shape index (κ1) is 18.0. The summed E-state index contributed by atoms with van der Waals surface area (Å²) in [5.41, 5.74) is 3.93. The fraction of sp³-hybridized carbons (Fsp3) is 0.364. The topological polar surface area (TPSA) is 37.8 Å². The van der Waals surface area contributed by atoms with Crippen LogP contribution >= 0.6 is 22.7 Å². The van der Waals surface area contributed by atoms with E-state index in [0.29, 0.717) is 17.5 Å². The first-order chi connectivity index (χ1) is 13.7. The van der Waals surface area contributed by atoms with Gasteiger partial charge in [-0.1, -0.05) is 32.6 Å². The van der Waals surface area contributed by atoms with E-state index in [-0.39, 0.29) is 5.82 Å². The van der Waals surface area contributed by atoms with Crippen LogP contribution in [-0.2, 0) is 0 Å². The molecule has 1 N–H and O–H groups in total. The maximum atomic E-state index is 14.6. The van der Waals surface area contributed by atoms with Crippen LogP contribution in [0, 0.1) is 11.7 Å². The Morgan fingerprint density at radius 1 is 1.07 bits per heavy atom. The predicted molar refractivity (Wildman–Crippen MR) is 117 cm³/mol. The highest BCUT2D eigenvalue weighted by Crippen LogP contribution is 2.42. The van der Waals surface area contributed by atoms with Crippen molar-refractivity contribution in [3.05, 3.63) is 46.7 Å². The van der Waals surface area contributed by atoms with Crippen molar-refractivity contribution >= 4 is 54.5 Å². The average Bonchev–Trinajstić information content (AvgIpc) is 3.26. The van der Waals surface area contributed by atoms with Crippen LogP contribution in [-0.4, -0.2) is 9.97 Å². The molecular weight excluding hydrogens is 389 g/mol. The van der Waals surface area contributed by atoms with Gasteiger partial charge in [0.25, 0.3) is 0 Å². The summed E-state index contributed by atoms with van der Waals surface area (Å²) in [6, 6.07) is 7.55. The monoisotopic (exact) mass is 411 g/mol. The number of pyridine rings is 1. The van der Waals surface area contributed by atoms with Gasteiger partial charge in [0.1, 0.15) is 10.6 Å². The van der Waals surface area contributed by atoms with Crippen LogP contribution in [0.4, 0.5) is 15.8 Å². The Labute approximate surface area is 171 Å². The number of halogens is 1. The molecule has 4 aromatic rings. The number of aromatic nitrogens is 2. The molecule has 0 amide bonds. The van der Waals surface area contributed by atoms with Crippen LogP contribution < -0.4 is 5.32 Å². The lowest BCUT2D eigenvalue weighted by atomic mass is 9.88. The minimum Gasteiger partial charge on any atom is -0.352 e. The summed E-state index contributed by atoms with van der Waals surface area (Å²) in [6.07, 6.45) is 8.35. The standard InChI is InChI=1S/C22H22FN3S2/c1-13-5-3-2-4-6-14(13)20-9-15-17(7-8-24-22(15)28-20)26-18-11-19-21(10-16(18)23)27-12-25-19/h7-14H,2-6H2,1H3,(H,24,26)/t13-,14+/m0/s1. The van der Waals surface area contributed by atoms with Gasteiger partial charge in [-0.15, -0.1) is 22.7 Å². The number of nitrogens with zero attached hydrogens (tertiary/aromatic N) is 2. The summed E-state index contributed by atoms with van der Waals surface area (Å²) in [6.45, 7) is 2.38. The molecule has 144 valence electrons. The number of fused-ring (bicyclic) bond motifs is 2. The summed E-state index contributed by atoms with van der Waals surface area (Å²) in [4.78, 5) is 11.3. The van der Waals surface area contributed by atoms with Gasteiger partial charge in [-0.25, -0.2) is 14.4 Å². The van der Waals surface area contributed by atoms with Crippen molar-refractivity contribution in [2.75, 3.05) is 5.32 Å². The molecule has 0 radical (unpaired) electrons. The Bertz CT molecular complexity index is 1130. The SMILES string of the molecule is C[C@H]1CCCCC[C@H]1c1cc2c(Nc3cc4ncsc4cc3F)ccnc2s1. The van der Waals surface area contributed by atoms with E-state index in [2.05, 4.69) is 28.3 Å². The molecule has 0 bridgehead atoms. The minimum absolute atomic E-state index is 0.255. The largest absolute Gasteiger partial charge is 0.352 e. The molecule has 6 heteroatoms. The summed E-state index contributed by atoms with van der Waals surface area (Å²) < 4.78 is 15.4. The molecular formula is C22H22FN3S2. The Balaban J connectivity index is 1.52. The second kappa shape index (κ2) is 7.41. The van der Waals surface area contributed by atoms with Gasteiger partial charge in [0.15, 0.2) is 0 Å². The van der Waals surface area contributed by atoms with Gasteiger partial charge < -0.3 is 5.32 Å². The molecule has 1 aromatic carbocycles. The first-order valence-corrected chi connectivity index (χ1v) is 11.6. The van der Waals surface area contributed by atoms with Gasteiger partial charge in [-0.2, -0.15) is 0 Å². The molecule has 5 rings (SSSR count). The van der Waals surface area contributed by atoms with Crippen molar-refractivity contribution < 1.29 is 4.39 Å². The minimum atomic E-state index is -0.255. The Hall–Kier alpha value is -2.05. The highest BCUT2D eigenvalue weighted by Gasteiger charge is 2.24. The van der Waals surface area contributed by atoms with Crippen LogP contribution in [0.5, 0.6) is 0 Å². The second-order valence-electron chi connectivity index (χ2n) is 7.73. The summed E-state index contributed by atoms with van der Waals surface area (Å²) in [5, 5.41) is 4.37.